The number of aliphatic hydroxyl groups is 1. The van der Waals surface area contributed by atoms with E-state index in [0.717, 1.165) is 12.8 Å². The van der Waals surface area contributed by atoms with E-state index < -0.39 is 0 Å². The van der Waals surface area contributed by atoms with Gasteiger partial charge in [-0.25, -0.2) is 9.97 Å². The SMILES string of the molecule is CNc1ncnc(NC(C)CCCO)c1OC. The van der Waals surface area contributed by atoms with Crippen molar-refractivity contribution in [1.82, 2.24) is 9.97 Å². The average molecular weight is 240 g/mol. The number of aliphatic hydroxyl groups excluding tert-OH is 1. The molecule has 0 aliphatic rings. The van der Waals surface area contributed by atoms with Crippen molar-refractivity contribution in [2.75, 3.05) is 31.4 Å². The molecule has 0 saturated heterocycles. The van der Waals surface area contributed by atoms with Crippen molar-refractivity contribution in [3.63, 3.8) is 0 Å². The Hall–Kier alpha value is -1.56. The van der Waals surface area contributed by atoms with E-state index in [1.807, 2.05) is 6.92 Å². The number of anilines is 2. The van der Waals surface area contributed by atoms with Gasteiger partial charge in [0.25, 0.3) is 0 Å². The highest BCUT2D eigenvalue weighted by Crippen LogP contribution is 2.29. The maximum atomic E-state index is 8.78. The van der Waals surface area contributed by atoms with E-state index >= 15 is 0 Å². The molecule has 6 heteroatoms. The number of methoxy groups -OCH3 is 1. The van der Waals surface area contributed by atoms with Gasteiger partial charge in [-0.2, -0.15) is 0 Å². The fraction of sp³-hybridized carbons (Fsp3) is 0.636. The van der Waals surface area contributed by atoms with Gasteiger partial charge in [0.05, 0.1) is 7.11 Å². The predicted molar refractivity (Wildman–Crippen MR) is 67.5 cm³/mol. The highest BCUT2D eigenvalue weighted by Gasteiger charge is 2.12. The molecule has 0 amide bonds. The van der Waals surface area contributed by atoms with Crippen LogP contribution in [0, 0.1) is 0 Å². The number of nitrogens with one attached hydrogen (secondary N) is 2. The van der Waals surface area contributed by atoms with Crippen molar-refractivity contribution >= 4 is 11.6 Å². The molecule has 0 aliphatic carbocycles. The summed E-state index contributed by atoms with van der Waals surface area (Å²) < 4.78 is 5.27. The minimum Gasteiger partial charge on any atom is -0.490 e. The molecule has 6 nitrogen and oxygen atoms in total. The van der Waals surface area contributed by atoms with Gasteiger partial charge in [0, 0.05) is 19.7 Å². The van der Waals surface area contributed by atoms with E-state index in [0.29, 0.717) is 17.4 Å². The first-order valence-electron chi connectivity index (χ1n) is 5.67. The average Bonchev–Trinajstić information content (AvgIpc) is 2.35. The molecule has 1 aromatic heterocycles. The zero-order valence-electron chi connectivity index (χ0n) is 10.5. The Kier molecular flexibility index (Phi) is 5.48. The first-order chi connectivity index (χ1) is 8.22. The Labute approximate surface area is 101 Å². The molecule has 96 valence electrons. The van der Waals surface area contributed by atoms with Crippen LogP contribution in [0.2, 0.25) is 0 Å². The number of rotatable bonds is 7. The number of hydrogen-bond acceptors (Lipinski definition) is 6. The molecular weight excluding hydrogens is 220 g/mol. The van der Waals surface area contributed by atoms with Gasteiger partial charge in [0.1, 0.15) is 6.33 Å². The van der Waals surface area contributed by atoms with Crippen LogP contribution < -0.4 is 15.4 Å². The summed E-state index contributed by atoms with van der Waals surface area (Å²) in [6.07, 6.45) is 3.12. The van der Waals surface area contributed by atoms with Crippen LogP contribution in [0.1, 0.15) is 19.8 Å². The summed E-state index contributed by atoms with van der Waals surface area (Å²) in [6, 6.07) is 0.218. The Balaban J connectivity index is 2.75. The van der Waals surface area contributed by atoms with E-state index in [1.165, 1.54) is 6.33 Å². The van der Waals surface area contributed by atoms with E-state index in [2.05, 4.69) is 20.6 Å². The fourth-order valence-corrected chi connectivity index (χ4v) is 1.55. The minimum absolute atomic E-state index is 0.203. The molecule has 0 radical (unpaired) electrons. The minimum atomic E-state index is 0.203. The highest BCUT2D eigenvalue weighted by molar-refractivity contribution is 5.63. The zero-order valence-corrected chi connectivity index (χ0v) is 10.5. The van der Waals surface area contributed by atoms with Crippen LogP contribution in [0.5, 0.6) is 5.75 Å². The van der Waals surface area contributed by atoms with Crippen molar-refractivity contribution < 1.29 is 9.84 Å². The Morgan fingerprint density at radius 1 is 1.41 bits per heavy atom. The van der Waals surface area contributed by atoms with Gasteiger partial charge in [-0.05, 0) is 19.8 Å². The fourth-order valence-electron chi connectivity index (χ4n) is 1.55. The summed E-state index contributed by atoms with van der Waals surface area (Å²) in [5.74, 6) is 1.92. The largest absolute Gasteiger partial charge is 0.490 e. The molecule has 0 bridgehead atoms. The maximum absolute atomic E-state index is 8.78. The van der Waals surface area contributed by atoms with Crippen molar-refractivity contribution in [1.29, 1.82) is 0 Å². The quantitative estimate of drug-likeness (QED) is 0.662. The van der Waals surface area contributed by atoms with Gasteiger partial charge in [-0.1, -0.05) is 0 Å². The van der Waals surface area contributed by atoms with Crippen LogP contribution >= 0.6 is 0 Å². The van der Waals surface area contributed by atoms with Crippen LogP contribution in [0.3, 0.4) is 0 Å². The van der Waals surface area contributed by atoms with Gasteiger partial charge in [0.15, 0.2) is 11.6 Å². The summed E-state index contributed by atoms with van der Waals surface area (Å²) in [5.41, 5.74) is 0. The summed E-state index contributed by atoms with van der Waals surface area (Å²) >= 11 is 0. The molecule has 0 aliphatic heterocycles. The lowest BCUT2D eigenvalue weighted by Crippen LogP contribution is -2.17. The molecule has 0 saturated carbocycles. The Morgan fingerprint density at radius 2 is 2.12 bits per heavy atom. The molecule has 0 spiro atoms. The number of ether oxygens (including phenoxy) is 1. The van der Waals surface area contributed by atoms with Crippen molar-refractivity contribution in [3.8, 4) is 5.75 Å². The maximum Gasteiger partial charge on any atom is 0.204 e. The van der Waals surface area contributed by atoms with E-state index in [1.54, 1.807) is 14.2 Å². The second-order valence-electron chi connectivity index (χ2n) is 3.77. The smallest absolute Gasteiger partial charge is 0.204 e. The standard InChI is InChI=1S/C11H20N4O2/c1-8(5-4-6-16)15-11-9(17-3)10(12-2)13-7-14-11/h7-8,16H,4-6H2,1-3H3,(H2,12,13,14,15). The van der Waals surface area contributed by atoms with Gasteiger partial charge in [-0.15, -0.1) is 0 Å². The van der Waals surface area contributed by atoms with Gasteiger partial charge in [0.2, 0.25) is 5.75 Å². The van der Waals surface area contributed by atoms with E-state index in [-0.39, 0.29) is 12.6 Å². The Morgan fingerprint density at radius 3 is 2.71 bits per heavy atom. The number of nitrogens with zero attached hydrogens (tertiary/aromatic N) is 2. The predicted octanol–water partition coefficient (Wildman–Crippen LogP) is 1.10. The second-order valence-corrected chi connectivity index (χ2v) is 3.77. The first kappa shape index (κ1) is 13.5. The molecule has 17 heavy (non-hydrogen) atoms. The normalized spacial score (nSPS) is 12.0. The third-order valence-corrected chi connectivity index (χ3v) is 2.42. The van der Waals surface area contributed by atoms with Gasteiger partial charge >= 0.3 is 0 Å². The summed E-state index contributed by atoms with van der Waals surface area (Å²) in [5, 5.41) is 15.0. The lowest BCUT2D eigenvalue weighted by Gasteiger charge is -2.17. The van der Waals surface area contributed by atoms with Crippen molar-refractivity contribution in [3.05, 3.63) is 6.33 Å². The van der Waals surface area contributed by atoms with Crippen molar-refractivity contribution in [2.24, 2.45) is 0 Å². The summed E-state index contributed by atoms with van der Waals surface area (Å²) in [7, 11) is 3.37. The lowest BCUT2D eigenvalue weighted by molar-refractivity contribution is 0.282. The highest BCUT2D eigenvalue weighted by atomic mass is 16.5. The van der Waals surface area contributed by atoms with Crippen LogP contribution in [0.4, 0.5) is 11.6 Å². The molecule has 1 rings (SSSR count). The third-order valence-electron chi connectivity index (χ3n) is 2.42. The molecule has 0 fully saturated rings. The monoisotopic (exact) mass is 240 g/mol. The van der Waals surface area contributed by atoms with E-state index in [4.69, 9.17) is 9.84 Å². The van der Waals surface area contributed by atoms with Crippen LogP contribution in [0.25, 0.3) is 0 Å². The summed E-state index contributed by atoms with van der Waals surface area (Å²) in [4.78, 5) is 8.23. The molecule has 1 aromatic rings. The topological polar surface area (TPSA) is 79.3 Å². The third kappa shape index (κ3) is 3.74. The molecule has 1 unspecified atom stereocenters. The van der Waals surface area contributed by atoms with Crippen LogP contribution in [0.15, 0.2) is 6.33 Å². The van der Waals surface area contributed by atoms with Gasteiger partial charge in [-0.3, -0.25) is 0 Å². The molecule has 1 heterocycles. The molecule has 1 atom stereocenters. The Bertz CT molecular complexity index is 346. The molecule has 3 N–H and O–H groups in total. The van der Waals surface area contributed by atoms with Gasteiger partial charge < -0.3 is 20.5 Å². The van der Waals surface area contributed by atoms with Crippen molar-refractivity contribution in [2.45, 2.75) is 25.8 Å². The molecule has 0 aromatic carbocycles. The zero-order chi connectivity index (χ0) is 12.7. The number of aromatic nitrogens is 2. The summed E-state index contributed by atoms with van der Waals surface area (Å²) in [6.45, 7) is 2.24. The first-order valence-corrected chi connectivity index (χ1v) is 5.67. The second kappa shape index (κ2) is 6.90. The number of hydrogen-bond donors (Lipinski definition) is 3. The van der Waals surface area contributed by atoms with Crippen LogP contribution in [-0.4, -0.2) is 41.9 Å². The van der Waals surface area contributed by atoms with Crippen LogP contribution in [-0.2, 0) is 0 Å². The lowest BCUT2D eigenvalue weighted by atomic mass is 10.2. The molecular formula is C11H20N4O2. The van der Waals surface area contributed by atoms with E-state index in [9.17, 15) is 0 Å².